The van der Waals surface area contributed by atoms with Gasteiger partial charge in [0.05, 0.1) is 4.90 Å². The van der Waals surface area contributed by atoms with E-state index in [1.165, 1.54) is 0 Å². The van der Waals surface area contributed by atoms with Gasteiger partial charge in [-0.25, -0.2) is 8.42 Å². The molecule has 2 aromatic carbocycles. The number of sulfonamides is 1. The van der Waals surface area contributed by atoms with Gasteiger partial charge in [0.1, 0.15) is 17.4 Å². The van der Waals surface area contributed by atoms with Crippen LogP contribution in [0.1, 0.15) is 39.2 Å². The van der Waals surface area contributed by atoms with Gasteiger partial charge < -0.3 is 4.74 Å². The Morgan fingerprint density at radius 3 is 2.30 bits per heavy atom. The number of hydrogen-bond donors (Lipinski definition) is 0. The minimum absolute atomic E-state index is 0.00551. The summed E-state index contributed by atoms with van der Waals surface area (Å²) in [7, 11) is -3.49. The van der Waals surface area contributed by atoms with Crippen molar-refractivity contribution in [2.75, 3.05) is 13.1 Å². The van der Waals surface area contributed by atoms with Crippen LogP contribution in [0.25, 0.3) is 10.9 Å². The van der Waals surface area contributed by atoms with Crippen molar-refractivity contribution in [1.29, 1.82) is 0 Å². The van der Waals surface area contributed by atoms with E-state index in [2.05, 4.69) is 25.8 Å². The summed E-state index contributed by atoms with van der Waals surface area (Å²) in [6.07, 6.45) is 3.05. The number of piperidine rings is 1. The van der Waals surface area contributed by atoms with E-state index in [-0.39, 0.29) is 11.5 Å². The molecule has 0 aliphatic carbocycles. The Kier molecular flexibility index (Phi) is 5.55. The molecule has 1 aliphatic heterocycles. The number of ether oxygens (including phenoxy) is 1. The summed E-state index contributed by atoms with van der Waals surface area (Å²) in [4.78, 5) is 4.79. The summed E-state index contributed by atoms with van der Waals surface area (Å²) in [6.45, 7) is 7.25. The Morgan fingerprint density at radius 2 is 1.63 bits per heavy atom. The summed E-state index contributed by atoms with van der Waals surface area (Å²) in [5, 5.41) is 1.04. The maximum absolute atomic E-state index is 13.1. The fourth-order valence-electron chi connectivity index (χ4n) is 3.82. The van der Waals surface area contributed by atoms with Gasteiger partial charge in [0.2, 0.25) is 10.0 Å². The zero-order chi connectivity index (χ0) is 21.4. The third-order valence-electron chi connectivity index (χ3n) is 5.65. The van der Waals surface area contributed by atoms with Gasteiger partial charge in [-0.2, -0.15) is 4.31 Å². The largest absolute Gasteiger partial charge is 0.488 e. The van der Waals surface area contributed by atoms with Crippen LogP contribution in [-0.4, -0.2) is 36.9 Å². The normalized spacial score (nSPS) is 16.6. The zero-order valence-electron chi connectivity index (χ0n) is 17.7. The summed E-state index contributed by atoms with van der Waals surface area (Å²) in [5.41, 5.74) is 1.96. The van der Waals surface area contributed by atoms with Gasteiger partial charge in [0.15, 0.2) is 0 Å². The van der Waals surface area contributed by atoms with Gasteiger partial charge in [-0.3, -0.25) is 4.98 Å². The predicted octanol–water partition coefficient (Wildman–Crippen LogP) is 4.76. The quantitative estimate of drug-likeness (QED) is 0.606. The number of nitrogens with zero attached hydrogens (tertiary/aromatic N) is 2. The maximum atomic E-state index is 13.1. The van der Waals surface area contributed by atoms with Crippen molar-refractivity contribution >= 4 is 20.9 Å². The molecule has 1 aliphatic rings. The molecule has 0 N–H and O–H groups in total. The van der Waals surface area contributed by atoms with Crippen molar-refractivity contribution in [3.8, 4) is 5.75 Å². The molecule has 0 bridgehead atoms. The first-order valence-corrected chi connectivity index (χ1v) is 11.8. The van der Waals surface area contributed by atoms with E-state index in [0.717, 1.165) is 22.2 Å². The molecule has 0 unspecified atom stereocenters. The van der Waals surface area contributed by atoms with Gasteiger partial charge in [-0.15, -0.1) is 0 Å². The van der Waals surface area contributed by atoms with Gasteiger partial charge in [0.25, 0.3) is 0 Å². The zero-order valence-corrected chi connectivity index (χ0v) is 18.5. The highest BCUT2D eigenvalue weighted by atomic mass is 32.2. The van der Waals surface area contributed by atoms with E-state index in [9.17, 15) is 8.42 Å². The summed E-state index contributed by atoms with van der Waals surface area (Å²) in [6, 6.07) is 17.1. The van der Waals surface area contributed by atoms with E-state index in [0.29, 0.717) is 30.8 Å². The van der Waals surface area contributed by atoms with Crippen molar-refractivity contribution in [3.05, 3.63) is 66.4 Å². The molecule has 158 valence electrons. The lowest BCUT2D eigenvalue weighted by Gasteiger charge is -2.31. The van der Waals surface area contributed by atoms with Crippen molar-refractivity contribution < 1.29 is 13.2 Å². The van der Waals surface area contributed by atoms with Crippen LogP contribution in [0.4, 0.5) is 0 Å². The minimum atomic E-state index is -3.49. The fraction of sp³-hybridized carbons (Fsp3) is 0.375. The van der Waals surface area contributed by atoms with Gasteiger partial charge in [-0.05, 0) is 48.1 Å². The van der Waals surface area contributed by atoms with Crippen LogP contribution in [0, 0.1) is 0 Å². The van der Waals surface area contributed by atoms with Crippen LogP contribution in [0.15, 0.2) is 65.7 Å². The fourth-order valence-corrected chi connectivity index (χ4v) is 5.29. The second-order valence-electron chi connectivity index (χ2n) is 8.83. The Morgan fingerprint density at radius 1 is 0.967 bits per heavy atom. The number of pyridine rings is 1. The smallest absolute Gasteiger partial charge is 0.243 e. The second kappa shape index (κ2) is 8.00. The number of fused-ring (bicyclic) bond motifs is 1. The molecule has 0 amide bonds. The van der Waals surface area contributed by atoms with E-state index >= 15 is 0 Å². The van der Waals surface area contributed by atoms with Crippen LogP contribution in [0.3, 0.4) is 0 Å². The minimum Gasteiger partial charge on any atom is -0.488 e. The molecule has 30 heavy (non-hydrogen) atoms. The van der Waals surface area contributed by atoms with E-state index in [1.54, 1.807) is 22.6 Å². The Balaban J connectivity index is 1.43. The third kappa shape index (κ3) is 4.20. The number of benzene rings is 2. The SMILES string of the molecule is CC(C)(C)c1ccc(S(=O)(=O)N2CCC(Oc3cccc4cccnc34)CC2)cc1. The number of para-hydroxylation sites is 1. The molecule has 0 spiro atoms. The first-order chi connectivity index (χ1) is 14.2. The Bertz CT molecular complexity index is 1120. The molecule has 1 aromatic heterocycles. The van der Waals surface area contributed by atoms with E-state index in [4.69, 9.17) is 4.74 Å². The average molecular weight is 425 g/mol. The molecule has 3 aromatic rings. The van der Waals surface area contributed by atoms with Crippen LogP contribution < -0.4 is 4.74 Å². The molecule has 2 heterocycles. The number of rotatable bonds is 4. The molecule has 5 nitrogen and oxygen atoms in total. The lowest BCUT2D eigenvalue weighted by Crippen LogP contribution is -2.41. The molecule has 4 rings (SSSR count). The van der Waals surface area contributed by atoms with Crippen molar-refractivity contribution in [2.45, 2.75) is 50.0 Å². The lowest BCUT2D eigenvalue weighted by atomic mass is 9.87. The molecule has 1 fully saturated rings. The Labute approximate surface area is 178 Å². The molecular weight excluding hydrogens is 396 g/mol. The molecule has 0 atom stereocenters. The molecular formula is C24H28N2O3S. The molecule has 0 radical (unpaired) electrons. The lowest BCUT2D eigenvalue weighted by molar-refractivity contribution is 0.136. The van der Waals surface area contributed by atoms with Crippen LogP contribution in [0.5, 0.6) is 5.75 Å². The monoisotopic (exact) mass is 424 g/mol. The van der Waals surface area contributed by atoms with Crippen LogP contribution in [-0.2, 0) is 15.4 Å². The predicted molar refractivity (Wildman–Crippen MR) is 119 cm³/mol. The van der Waals surface area contributed by atoms with E-state index in [1.807, 2.05) is 42.5 Å². The second-order valence-corrected chi connectivity index (χ2v) is 10.8. The van der Waals surface area contributed by atoms with Crippen molar-refractivity contribution in [2.24, 2.45) is 0 Å². The summed E-state index contributed by atoms with van der Waals surface area (Å²) in [5.74, 6) is 0.757. The highest BCUT2D eigenvalue weighted by Gasteiger charge is 2.30. The molecule has 1 saturated heterocycles. The summed E-state index contributed by atoms with van der Waals surface area (Å²) >= 11 is 0. The first kappa shape index (κ1) is 20.8. The topological polar surface area (TPSA) is 59.5 Å². The van der Waals surface area contributed by atoms with Gasteiger partial charge >= 0.3 is 0 Å². The van der Waals surface area contributed by atoms with Crippen molar-refractivity contribution in [3.63, 3.8) is 0 Å². The van der Waals surface area contributed by atoms with Gasteiger partial charge in [0, 0.05) is 24.7 Å². The molecule has 0 saturated carbocycles. The average Bonchev–Trinajstić information content (AvgIpc) is 2.74. The van der Waals surface area contributed by atoms with Crippen molar-refractivity contribution in [1.82, 2.24) is 9.29 Å². The summed E-state index contributed by atoms with van der Waals surface area (Å²) < 4.78 is 33.9. The number of aromatic nitrogens is 1. The van der Waals surface area contributed by atoms with Gasteiger partial charge in [-0.1, -0.05) is 51.1 Å². The first-order valence-electron chi connectivity index (χ1n) is 10.4. The highest BCUT2D eigenvalue weighted by Crippen LogP contribution is 2.29. The third-order valence-corrected chi connectivity index (χ3v) is 7.56. The maximum Gasteiger partial charge on any atom is 0.243 e. The van der Waals surface area contributed by atoms with Crippen LogP contribution in [0.2, 0.25) is 0 Å². The number of hydrogen-bond acceptors (Lipinski definition) is 4. The Hall–Kier alpha value is -2.44. The van der Waals surface area contributed by atoms with E-state index < -0.39 is 10.0 Å². The standard InChI is InChI=1S/C24H28N2O3S/c1-24(2,3)19-9-11-21(12-10-19)30(27,28)26-16-13-20(14-17-26)29-22-8-4-6-18-7-5-15-25-23(18)22/h4-12,15,20H,13-14,16-17H2,1-3H3. The highest BCUT2D eigenvalue weighted by molar-refractivity contribution is 7.89. The van der Waals surface area contributed by atoms with Crippen LogP contribution >= 0.6 is 0 Å². The molecule has 6 heteroatoms.